The zero-order valence-corrected chi connectivity index (χ0v) is 12.0. The minimum absolute atomic E-state index is 0.0119. The van der Waals surface area contributed by atoms with Gasteiger partial charge in [-0.25, -0.2) is 0 Å². The Hall–Kier alpha value is -0.410. The highest BCUT2D eigenvalue weighted by Crippen LogP contribution is 2.18. The second-order valence-corrected chi connectivity index (χ2v) is 5.74. The molecule has 0 aromatic heterocycles. The molecule has 1 aromatic rings. The molecule has 1 aromatic carbocycles. The average molecular weight is 268 g/mol. The summed E-state index contributed by atoms with van der Waals surface area (Å²) in [6.45, 7) is 2.19. The summed E-state index contributed by atoms with van der Waals surface area (Å²) in [5.74, 6) is 2.07. The fourth-order valence-electron chi connectivity index (χ4n) is 1.59. The van der Waals surface area contributed by atoms with Crippen LogP contribution in [0.5, 0.6) is 0 Å². The van der Waals surface area contributed by atoms with E-state index >= 15 is 0 Å². The van der Waals surface area contributed by atoms with Crippen LogP contribution in [-0.2, 0) is 11.2 Å². The standard InChI is InChI=1S/C14H20OS2/c1-2-3-9-17-11-13(14(15)16)10-12-7-5-4-6-8-12/h4-8,13H,2-3,9-11H2,1H3,(H,15,16). The molecule has 0 heterocycles. The maximum Gasteiger partial charge on any atom is 0.190 e. The molecule has 1 rings (SSSR count). The van der Waals surface area contributed by atoms with E-state index in [2.05, 4.69) is 31.7 Å². The van der Waals surface area contributed by atoms with Gasteiger partial charge >= 0.3 is 0 Å². The van der Waals surface area contributed by atoms with Crippen LogP contribution in [0.4, 0.5) is 0 Å². The van der Waals surface area contributed by atoms with Crippen molar-refractivity contribution in [3.8, 4) is 0 Å². The van der Waals surface area contributed by atoms with E-state index in [0.29, 0.717) is 0 Å². The highest BCUT2D eigenvalue weighted by atomic mass is 32.2. The van der Waals surface area contributed by atoms with Crippen LogP contribution in [0.25, 0.3) is 0 Å². The molecule has 0 spiro atoms. The minimum Gasteiger partial charge on any atom is -0.287 e. The van der Waals surface area contributed by atoms with E-state index in [9.17, 15) is 4.79 Å². The van der Waals surface area contributed by atoms with Gasteiger partial charge in [0.15, 0.2) is 5.12 Å². The van der Waals surface area contributed by atoms with Gasteiger partial charge < -0.3 is 0 Å². The summed E-state index contributed by atoms with van der Waals surface area (Å²) < 4.78 is 0. The van der Waals surface area contributed by atoms with E-state index in [-0.39, 0.29) is 11.0 Å². The number of thiol groups is 1. The van der Waals surface area contributed by atoms with Gasteiger partial charge in [-0.3, -0.25) is 4.79 Å². The molecule has 0 aliphatic rings. The number of carbonyl (C=O) groups excluding carboxylic acids is 1. The summed E-state index contributed by atoms with van der Waals surface area (Å²) in [6, 6.07) is 10.2. The van der Waals surface area contributed by atoms with Crippen molar-refractivity contribution in [2.45, 2.75) is 26.2 Å². The summed E-state index contributed by atoms with van der Waals surface area (Å²) >= 11 is 5.86. The Balaban J connectivity index is 2.41. The minimum atomic E-state index is 0.0119. The Morgan fingerprint density at radius 2 is 2.06 bits per heavy atom. The van der Waals surface area contributed by atoms with Gasteiger partial charge in [-0.15, -0.1) is 12.6 Å². The van der Waals surface area contributed by atoms with Crippen molar-refractivity contribution in [2.24, 2.45) is 5.92 Å². The topological polar surface area (TPSA) is 17.1 Å². The first-order valence-corrected chi connectivity index (χ1v) is 7.68. The van der Waals surface area contributed by atoms with Gasteiger partial charge in [0.2, 0.25) is 0 Å². The largest absolute Gasteiger partial charge is 0.287 e. The van der Waals surface area contributed by atoms with Gasteiger partial charge in [-0.05, 0) is 24.2 Å². The van der Waals surface area contributed by atoms with Crippen LogP contribution in [-0.4, -0.2) is 16.6 Å². The van der Waals surface area contributed by atoms with Gasteiger partial charge in [0.05, 0.1) is 0 Å². The zero-order chi connectivity index (χ0) is 12.5. The molecule has 0 aliphatic carbocycles. The number of unbranched alkanes of at least 4 members (excludes halogenated alkanes) is 1. The lowest BCUT2D eigenvalue weighted by Crippen LogP contribution is -2.15. The molecule has 0 radical (unpaired) electrons. The van der Waals surface area contributed by atoms with E-state index < -0.39 is 0 Å². The molecule has 17 heavy (non-hydrogen) atoms. The van der Waals surface area contributed by atoms with E-state index in [4.69, 9.17) is 0 Å². The SMILES string of the molecule is CCCCSCC(Cc1ccccc1)C(=O)S. The Morgan fingerprint density at radius 1 is 1.35 bits per heavy atom. The van der Waals surface area contributed by atoms with Crippen LogP contribution in [0.1, 0.15) is 25.3 Å². The second kappa shape index (κ2) is 8.65. The highest BCUT2D eigenvalue weighted by Gasteiger charge is 2.15. The third-order valence-electron chi connectivity index (χ3n) is 2.64. The second-order valence-electron chi connectivity index (χ2n) is 4.15. The lowest BCUT2D eigenvalue weighted by atomic mass is 10.0. The maximum atomic E-state index is 11.5. The highest BCUT2D eigenvalue weighted by molar-refractivity contribution is 7.99. The van der Waals surface area contributed by atoms with E-state index in [1.807, 2.05) is 30.0 Å². The van der Waals surface area contributed by atoms with E-state index in [1.165, 1.54) is 18.4 Å². The van der Waals surface area contributed by atoms with Crippen molar-refractivity contribution < 1.29 is 4.79 Å². The summed E-state index contributed by atoms with van der Waals surface area (Å²) in [4.78, 5) is 11.5. The monoisotopic (exact) mass is 268 g/mol. The third kappa shape index (κ3) is 6.18. The fourth-order valence-corrected chi connectivity index (χ4v) is 3.11. The number of carbonyl (C=O) groups is 1. The Morgan fingerprint density at radius 3 is 2.65 bits per heavy atom. The van der Waals surface area contributed by atoms with Gasteiger partial charge in [-0.2, -0.15) is 11.8 Å². The van der Waals surface area contributed by atoms with Crippen LogP contribution in [0, 0.1) is 5.92 Å². The molecule has 94 valence electrons. The van der Waals surface area contributed by atoms with Crippen molar-refractivity contribution in [3.63, 3.8) is 0 Å². The van der Waals surface area contributed by atoms with Crippen LogP contribution >= 0.6 is 24.4 Å². The molecule has 0 saturated carbocycles. The smallest absolute Gasteiger partial charge is 0.190 e. The Labute approximate surface area is 114 Å². The number of hydrogen-bond acceptors (Lipinski definition) is 2. The molecule has 1 nitrogen and oxygen atoms in total. The third-order valence-corrected chi connectivity index (χ3v) is 4.22. The van der Waals surface area contributed by atoms with Crippen molar-refractivity contribution in [1.29, 1.82) is 0 Å². The van der Waals surface area contributed by atoms with Crippen molar-refractivity contribution in [1.82, 2.24) is 0 Å². The number of thioether (sulfide) groups is 1. The van der Waals surface area contributed by atoms with Crippen LogP contribution < -0.4 is 0 Å². The van der Waals surface area contributed by atoms with Crippen molar-refractivity contribution in [3.05, 3.63) is 35.9 Å². The maximum absolute atomic E-state index is 11.5. The number of hydrogen-bond donors (Lipinski definition) is 1. The molecule has 0 aliphatic heterocycles. The lowest BCUT2D eigenvalue weighted by Gasteiger charge is -2.12. The lowest BCUT2D eigenvalue weighted by molar-refractivity contribution is -0.113. The summed E-state index contributed by atoms with van der Waals surface area (Å²) in [6.07, 6.45) is 3.25. The van der Waals surface area contributed by atoms with Gasteiger partial charge in [-0.1, -0.05) is 43.7 Å². The zero-order valence-electron chi connectivity index (χ0n) is 10.3. The average Bonchev–Trinajstić information content (AvgIpc) is 2.34. The normalized spacial score (nSPS) is 12.4. The predicted molar refractivity (Wildman–Crippen MR) is 79.9 cm³/mol. The molecule has 0 fully saturated rings. The first-order chi connectivity index (χ1) is 8.24. The van der Waals surface area contributed by atoms with Crippen molar-refractivity contribution in [2.75, 3.05) is 11.5 Å². The first-order valence-electron chi connectivity index (χ1n) is 6.08. The number of benzene rings is 1. The molecule has 0 bridgehead atoms. The van der Waals surface area contributed by atoms with E-state index in [1.54, 1.807) is 0 Å². The summed E-state index contributed by atoms with van der Waals surface area (Å²) in [7, 11) is 0. The summed E-state index contributed by atoms with van der Waals surface area (Å²) in [5, 5.41) is 0.0119. The molecular weight excluding hydrogens is 248 g/mol. The van der Waals surface area contributed by atoms with Crippen LogP contribution in [0.3, 0.4) is 0 Å². The molecule has 3 heteroatoms. The Kier molecular flexibility index (Phi) is 7.45. The van der Waals surface area contributed by atoms with Gasteiger partial charge in [0.1, 0.15) is 0 Å². The molecule has 0 saturated heterocycles. The molecule has 1 unspecified atom stereocenters. The molecular formula is C14H20OS2. The summed E-state index contributed by atoms with van der Waals surface area (Å²) in [5.41, 5.74) is 1.22. The number of rotatable bonds is 8. The van der Waals surface area contributed by atoms with Crippen LogP contribution in [0.15, 0.2) is 30.3 Å². The first kappa shape index (κ1) is 14.7. The fraction of sp³-hybridized carbons (Fsp3) is 0.500. The molecule has 0 N–H and O–H groups in total. The van der Waals surface area contributed by atoms with Crippen LogP contribution in [0.2, 0.25) is 0 Å². The van der Waals surface area contributed by atoms with E-state index in [0.717, 1.165) is 17.9 Å². The van der Waals surface area contributed by atoms with Gasteiger partial charge in [0.25, 0.3) is 0 Å². The Bertz CT molecular complexity index is 324. The molecule has 1 atom stereocenters. The quantitative estimate of drug-likeness (QED) is 0.570. The predicted octanol–water partition coefficient (Wildman–Crippen LogP) is 3.84. The molecule has 0 amide bonds. The van der Waals surface area contributed by atoms with Crippen molar-refractivity contribution >= 4 is 29.5 Å². The van der Waals surface area contributed by atoms with Gasteiger partial charge in [0, 0.05) is 11.7 Å².